The molecule has 5 heteroatoms. The van der Waals surface area contributed by atoms with Gasteiger partial charge in [-0.1, -0.05) is 15.9 Å². The first kappa shape index (κ1) is 14.9. The molecule has 0 radical (unpaired) electrons. The molecule has 0 unspecified atom stereocenters. The zero-order valence-electron chi connectivity index (χ0n) is 10.2. The van der Waals surface area contributed by atoms with Crippen LogP contribution in [0.25, 0.3) is 6.08 Å². The minimum Gasteiger partial charge on any atom is -0.389 e. The number of carbonyl (C=O) groups is 1. The number of halogens is 2. The summed E-state index contributed by atoms with van der Waals surface area (Å²) >= 11 is 3.23. The number of rotatable bonds is 4. The van der Waals surface area contributed by atoms with E-state index in [-0.39, 0.29) is 12.5 Å². The second kappa shape index (κ2) is 6.11. The van der Waals surface area contributed by atoms with E-state index < -0.39 is 11.4 Å². The highest BCUT2D eigenvalue weighted by atomic mass is 79.9. The molecule has 1 aromatic rings. The van der Waals surface area contributed by atoms with Crippen molar-refractivity contribution in [2.45, 2.75) is 19.4 Å². The summed E-state index contributed by atoms with van der Waals surface area (Å²) in [5.74, 6) is -0.777. The molecule has 0 saturated carbocycles. The maximum absolute atomic E-state index is 13.4. The van der Waals surface area contributed by atoms with Crippen molar-refractivity contribution in [1.29, 1.82) is 0 Å². The third kappa shape index (κ3) is 5.42. The lowest BCUT2D eigenvalue weighted by molar-refractivity contribution is -0.117. The van der Waals surface area contributed by atoms with E-state index in [0.717, 1.165) is 4.47 Å². The SMILES string of the molecule is CC(C)(O)CNC(=O)C=Cc1cc(Br)ccc1F. The van der Waals surface area contributed by atoms with Crippen molar-refractivity contribution in [3.8, 4) is 0 Å². The van der Waals surface area contributed by atoms with Crippen LogP contribution in [0.4, 0.5) is 4.39 Å². The molecule has 3 nitrogen and oxygen atoms in total. The van der Waals surface area contributed by atoms with Crippen molar-refractivity contribution in [3.63, 3.8) is 0 Å². The van der Waals surface area contributed by atoms with Gasteiger partial charge < -0.3 is 10.4 Å². The third-order valence-electron chi connectivity index (χ3n) is 2.07. The summed E-state index contributed by atoms with van der Waals surface area (Å²) in [6.07, 6.45) is 2.62. The highest BCUT2D eigenvalue weighted by Crippen LogP contribution is 2.16. The number of benzene rings is 1. The number of nitrogens with one attached hydrogen (secondary N) is 1. The zero-order chi connectivity index (χ0) is 13.8. The second-order valence-corrected chi connectivity index (χ2v) is 5.45. The van der Waals surface area contributed by atoms with Gasteiger partial charge in [-0.15, -0.1) is 0 Å². The molecule has 2 N–H and O–H groups in total. The Bertz CT molecular complexity index is 467. The maximum atomic E-state index is 13.4. The Labute approximate surface area is 114 Å². The van der Waals surface area contributed by atoms with Crippen LogP contribution in [0, 0.1) is 5.82 Å². The van der Waals surface area contributed by atoms with Crippen molar-refractivity contribution in [3.05, 3.63) is 40.1 Å². The maximum Gasteiger partial charge on any atom is 0.244 e. The normalized spacial score (nSPS) is 11.8. The van der Waals surface area contributed by atoms with Gasteiger partial charge in [-0.05, 0) is 38.1 Å². The van der Waals surface area contributed by atoms with Gasteiger partial charge in [0, 0.05) is 22.7 Å². The van der Waals surface area contributed by atoms with Crippen LogP contribution in [0.2, 0.25) is 0 Å². The number of amides is 1. The van der Waals surface area contributed by atoms with Crippen molar-refractivity contribution >= 4 is 27.9 Å². The lowest BCUT2D eigenvalue weighted by atomic mass is 10.1. The van der Waals surface area contributed by atoms with Crippen molar-refractivity contribution < 1.29 is 14.3 Å². The smallest absolute Gasteiger partial charge is 0.244 e. The van der Waals surface area contributed by atoms with E-state index in [1.165, 1.54) is 18.2 Å². The Balaban J connectivity index is 2.64. The van der Waals surface area contributed by atoms with E-state index in [0.29, 0.717) is 5.56 Å². The number of hydrogen-bond donors (Lipinski definition) is 2. The molecule has 0 aromatic heterocycles. The fourth-order valence-electron chi connectivity index (χ4n) is 1.17. The van der Waals surface area contributed by atoms with E-state index >= 15 is 0 Å². The summed E-state index contributed by atoms with van der Waals surface area (Å²) in [5.41, 5.74) is -0.646. The molecule has 98 valence electrons. The average Bonchev–Trinajstić information content (AvgIpc) is 2.26. The highest BCUT2D eigenvalue weighted by molar-refractivity contribution is 9.10. The molecule has 0 aliphatic rings. The van der Waals surface area contributed by atoms with Crippen LogP contribution in [0.15, 0.2) is 28.7 Å². The number of hydrogen-bond acceptors (Lipinski definition) is 2. The van der Waals surface area contributed by atoms with Gasteiger partial charge in [-0.2, -0.15) is 0 Å². The largest absolute Gasteiger partial charge is 0.389 e. The minimum atomic E-state index is -0.968. The fraction of sp³-hybridized carbons (Fsp3) is 0.308. The topological polar surface area (TPSA) is 49.3 Å². The Hall–Kier alpha value is -1.20. The summed E-state index contributed by atoms with van der Waals surface area (Å²) in [7, 11) is 0. The molecule has 0 fully saturated rings. The van der Waals surface area contributed by atoms with Crippen LogP contribution in [0.1, 0.15) is 19.4 Å². The quantitative estimate of drug-likeness (QED) is 0.839. The minimum absolute atomic E-state index is 0.136. The van der Waals surface area contributed by atoms with Gasteiger partial charge in [0.05, 0.1) is 5.60 Å². The molecule has 0 aliphatic heterocycles. The third-order valence-corrected chi connectivity index (χ3v) is 2.56. The Morgan fingerprint density at radius 2 is 2.22 bits per heavy atom. The second-order valence-electron chi connectivity index (χ2n) is 4.53. The summed E-state index contributed by atoms with van der Waals surface area (Å²) in [6.45, 7) is 3.31. The molecule has 0 spiro atoms. The molecular formula is C13H15BrFNO2. The Morgan fingerprint density at radius 3 is 2.83 bits per heavy atom. The van der Waals surface area contributed by atoms with Gasteiger partial charge >= 0.3 is 0 Å². The van der Waals surface area contributed by atoms with E-state index in [1.54, 1.807) is 26.0 Å². The molecule has 0 atom stereocenters. The van der Waals surface area contributed by atoms with E-state index in [1.807, 2.05) is 0 Å². The fourth-order valence-corrected chi connectivity index (χ4v) is 1.55. The molecular weight excluding hydrogens is 301 g/mol. The average molecular weight is 316 g/mol. The van der Waals surface area contributed by atoms with Gasteiger partial charge in [0.15, 0.2) is 0 Å². The molecule has 0 saturated heterocycles. The van der Waals surface area contributed by atoms with Gasteiger partial charge in [-0.25, -0.2) is 4.39 Å². The van der Waals surface area contributed by atoms with Crippen molar-refractivity contribution in [2.24, 2.45) is 0 Å². The zero-order valence-corrected chi connectivity index (χ0v) is 11.8. The van der Waals surface area contributed by atoms with Gasteiger partial charge in [0.2, 0.25) is 5.91 Å². The predicted molar refractivity (Wildman–Crippen MR) is 72.4 cm³/mol. The summed E-state index contributed by atoms with van der Waals surface area (Å²) in [5, 5.41) is 11.9. The summed E-state index contributed by atoms with van der Waals surface area (Å²) in [4.78, 5) is 11.4. The molecule has 1 rings (SSSR count). The van der Waals surface area contributed by atoms with E-state index in [4.69, 9.17) is 0 Å². The molecule has 1 amide bonds. The van der Waals surface area contributed by atoms with Crippen molar-refractivity contribution in [1.82, 2.24) is 5.32 Å². The summed E-state index contributed by atoms with van der Waals surface area (Å²) in [6, 6.07) is 4.48. The van der Waals surface area contributed by atoms with Gasteiger partial charge in [0.1, 0.15) is 5.82 Å². The monoisotopic (exact) mass is 315 g/mol. The molecule has 0 bridgehead atoms. The number of carbonyl (C=O) groups excluding carboxylic acids is 1. The van der Waals surface area contributed by atoms with Crippen molar-refractivity contribution in [2.75, 3.05) is 6.54 Å². The van der Waals surface area contributed by atoms with Crippen LogP contribution in [-0.4, -0.2) is 23.2 Å². The first-order valence-corrected chi connectivity index (χ1v) is 6.20. The molecule has 0 aliphatic carbocycles. The lowest BCUT2D eigenvalue weighted by Gasteiger charge is -2.16. The molecule has 0 heterocycles. The van der Waals surface area contributed by atoms with Gasteiger partial charge in [-0.3, -0.25) is 4.79 Å². The van der Waals surface area contributed by atoms with E-state index in [9.17, 15) is 14.3 Å². The first-order chi connectivity index (χ1) is 8.28. The predicted octanol–water partition coefficient (Wildman–Crippen LogP) is 2.49. The van der Waals surface area contributed by atoms with Crippen LogP contribution in [0.3, 0.4) is 0 Å². The van der Waals surface area contributed by atoms with Crippen LogP contribution in [0.5, 0.6) is 0 Å². The van der Waals surface area contributed by atoms with Crippen LogP contribution < -0.4 is 5.32 Å². The Morgan fingerprint density at radius 1 is 1.56 bits per heavy atom. The summed E-state index contributed by atoms with van der Waals surface area (Å²) < 4.78 is 14.1. The number of aliphatic hydroxyl groups is 1. The Kier molecular flexibility index (Phi) is 5.04. The van der Waals surface area contributed by atoms with Crippen LogP contribution in [-0.2, 0) is 4.79 Å². The standard InChI is InChI=1S/C13H15BrFNO2/c1-13(2,18)8-16-12(17)6-3-9-7-10(14)4-5-11(9)15/h3-7,18H,8H2,1-2H3,(H,16,17). The lowest BCUT2D eigenvalue weighted by Crippen LogP contribution is -2.37. The highest BCUT2D eigenvalue weighted by Gasteiger charge is 2.12. The first-order valence-electron chi connectivity index (χ1n) is 5.41. The molecule has 1 aromatic carbocycles. The van der Waals surface area contributed by atoms with E-state index in [2.05, 4.69) is 21.2 Å². The van der Waals surface area contributed by atoms with Crippen LogP contribution >= 0.6 is 15.9 Å². The molecule has 18 heavy (non-hydrogen) atoms. The van der Waals surface area contributed by atoms with Gasteiger partial charge in [0.25, 0.3) is 0 Å².